The molecule has 0 spiro atoms. The van der Waals surface area contributed by atoms with Crippen molar-refractivity contribution in [2.45, 2.75) is 0 Å². The van der Waals surface area contributed by atoms with Crippen molar-refractivity contribution in [3.8, 4) is 12.1 Å². The van der Waals surface area contributed by atoms with Gasteiger partial charge in [-0.1, -0.05) is 6.42 Å². The maximum absolute atomic E-state index is 4.92. The summed E-state index contributed by atoms with van der Waals surface area (Å²) >= 11 is 0. The number of rotatable bonds is 0. The largest absolute Gasteiger partial charge is 0.280 e. The normalized spacial score (nSPS) is 20.2. The van der Waals surface area contributed by atoms with E-state index in [0.29, 0.717) is 0 Å². The summed E-state index contributed by atoms with van der Waals surface area (Å²) in [6.45, 7) is 0. The molecule has 22 valence electrons. The molecule has 0 saturated carbocycles. The average molecular weight is 81.0 g/mol. The van der Waals surface area contributed by atoms with Crippen LogP contribution in [0.5, 0.6) is 0 Å². The zero-order valence-corrected chi connectivity index (χ0v) is 3.50. The molecule has 5 heavy (non-hydrogen) atoms. The molecule has 0 fully saturated rings. The maximum Gasteiger partial charge on any atom is 0.280 e. The lowest BCUT2D eigenvalue weighted by atomic mass is 11.3. The lowest BCUT2D eigenvalue weighted by molar-refractivity contribution is 2.97. The monoisotopic (exact) mass is 81.0 g/mol. The van der Waals surface area contributed by atoms with Gasteiger partial charge in [-0.3, -0.25) is 0 Å². The highest BCUT2D eigenvalue weighted by molar-refractivity contribution is 7.72. The average Bonchev–Trinajstić information content (AvgIpc) is 2.12. The number of hydrogen-bond acceptors (Lipinski definition) is 0. The van der Waals surface area contributed by atoms with Gasteiger partial charge in [-0.05, 0) is 0 Å². The van der Waals surface area contributed by atoms with Crippen molar-refractivity contribution in [1.29, 1.82) is 0 Å². The van der Waals surface area contributed by atoms with Gasteiger partial charge in [0, 0.05) is 0 Å². The fraction of sp³-hybridized carbons (Fsp3) is 0. The molecular formula is C4H2P+. The van der Waals surface area contributed by atoms with Gasteiger partial charge >= 0.3 is 0 Å². The first-order valence-electron chi connectivity index (χ1n) is 1.28. The molecule has 0 aliphatic carbocycles. The Morgan fingerprint density at radius 3 is 2.60 bits per heavy atom. The fourth-order valence-corrected chi connectivity index (χ4v) is 0.483. The van der Waals surface area contributed by atoms with Crippen LogP contribution in [-0.4, -0.2) is 5.45 Å². The Morgan fingerprint density at radius 2 is 2.60 bits per heavy atom. The molecule has 0 aromatic carbocycles. The van der Waals surface area contributed by atoms with E-state index in [2.05, 4.69) is 11.1 Å². The van der Waals surface area contributed by atoms with Crippen LogP contribution < -0.4 is 0 Å². The Bertz CT molecular complexity index is 142. The second-order valence-corrected chi connectivity index (χ2v) is 2.27. The van der Waals surface area contributed by atoms with Crippen LogP contribution in [-0.2, 0) is 0 Å². The molecule has 0 radical (unpaired) electrons. The van der Waals surface area contributed by atoms with Crippen molar-refractivity contribution in [1.82, 2.24) is 0 Å². The zero-order valence-electron chi connectivity index (χ0n) is 2.60. The fourth-order valence-electron chi connectivity index (χ4n) is 0.103. The van der Waals surface area contributed by atoms with Gasteiger partial charge < -0.3 is 0 Å². The summed E-state index contributed by atoms with van der Waals surface area (Å²) in [5.41, 5.74) is 5.42. The topological polar surface area (TPSA) is 0 Å². The minimum Gasteiger partial charge on any atom is -0.0674 e. The number of hydrogen-bond donors (Lipinski definition) is 0. The zero-order chi connectivity index (χ0) is 3.70. The van der Waals surface area contributed by atoms with Crippen molar-refractivity contribution in [3.05, 3.63) is 5.82 Å². The van der Waals surface area contributed by atoms with Crippen LogP contribution in [0.3, 0.4) is 0 Å². The SMILES string of the molecule is C#C[P+]1=C=C1. The molecule has 1 unspecified atom stereocenters. The van der Waals surface area contributed by atoms with E-state index in [4.69, 9.17) is 6.42 Å². The first-order valence-corrected chi connectivity index (χ1v) is 2.69. The first kappa shape index (κ1) is 2.73. The van der Waals surface area contributed by atoms with Crippen molar-refractivity contribution in [2.75, 3.05) is 0 Å². The molecule has 0 amide bonds. The minimum absolute atomic E-state index is 0.195. The summed E-state index contributed by atoms with van der Waals surface area (Å²) in [6, 6.07) is 0. The smallest absolute Gasteiger partial charge is 0.0674 e. The van der Waals surface area contributed by atoms with Gasteiger partial charge in [0.25, 0.3) is 7.55 Å². The van der Waals surface area contributed by atoms with Gasteiger partial charge in [0.05, 0.1) is 0 Å². The lowest BCUT2D eigenvalue weighted by Gasteiger charge is -1.29. The van der Waals surface area contributed by atoms with E-state index in [1.54, 1.807) is 0 Å². The summed E-state index contributed by atoms with van der Waals surface area (Å²) in [5, 5.41) is 0. The van der Waals surface area contributed by atoms with Crippen LogP contribution >= 0.6 is 7.55 Å². The van der Waals surface area contributed by atoms with Crippen molar-refractivity contribution >= 4 is 13.0 Å². The lowest BCUT2D eigenvalue weighted by Crippen LogP contribution is -1.14. The van der Waals surface area contributed by atoms with Crippen molar-refractivity contribution in [3.63, 3.8) is 0 Å². The van der Waals surface area contributed by atoms with Gasteiger partial charge in [0.1, 0.15) is 0 Å². The van der Waals surface area contributed by atoms with E-state index in [-0.39, 0.29) is 7.55 Å². The van der Waals surface area contributed by atoms with Crippen LogP contribution in [0.1, 0.15) is 0 Å². The minimum atomic E-state index is -0.195. The summed E-state index contributed by atoms with van der Waals surface area (Å²) in [6.07, 6.45) is 4.92. The Balaban J connectivity index is 2.69. The Kier molecular flexibility index (Phi) is 0.398. The molecule has 0 aromatic rings. The predicted octanol–water partition coefficient (Wildman–Crippen LogP) is 0.987. The molecule has 0 bridgehead atoms. The van der Waals surface area contributed by atoms with Crippen LogP contribution in [0, 0.1) is 12.1 Å². The third-order valence-electron chi connectivity index (χ3n) is 0.397. The highest BCUT2D eigenvalue weighted by Gasteiger charge is 2.09. The van der Waals surface area contributed by atoms with E-state index < -0.39 is 0 Å². The third-order valence-corrected chi connectivity index (χ3v) is 1.19. The maximum atomic E-state index is 4.92. The quantitative estimate of drug-likeness (QED) is 0.301. The van der Waals surface area contributed by atoms with E-state index in [0.717, 1.165) is 0 Å². The third kappa shape index (κ3) is 0.393. The van der Waals surface area contributed by atoms with Gasteiger partial charge in [-0.25, -0.2) is 0 Å². The Hall–Kier alpha value is -0.490. The summed E-state index contributed by atoms with van der Waals surface area (Å²) < 4.78 is 0. The highest BCUT2D eigenvalue weighted by Crippen LogP contribution is 2.27. The molecule has 0 N–H and O–H groups in total. The standard InChI is InChI=1S/C4H2P/c1-2-5-3-4-5/h1,3H/q+1. The molecule has 0 aromatic heterocycles. The highest BCUT2D eigenvalue weighted by atomic mass is 31.1. The Morgan fingerprint density at radius 1 is 2.00 bits per heavy atom. The van der Waals surface area contributed by atoms with Gasteiger partial charge in [0.15, 0.2) is 11.1 Å². The molecule has 1 heterocycles. The molecule has 0 nitrogen and oxygen atoms in total. The van der Waals surface area contributed by atoms with Crippen molar-refractivity contribution < 1.29 is 0 Å². The summed E-state index contributed by atoms with van der Waals surface area (Å²) in [4.78, 5) is 0. The molecule has 1 atom stereocenters. The van der Waals surface area contributed by atoms with Crippen molar-refractivity contribution in [2.24, 2.45) is 0 Å². The molecule has 1 rings (SSSR count). The summed E-state index contributed by atoms with van der Waals surface area (Å²) in [7, 11) is -0.195. The van der Waals surface area contributed by atoms with E-state index in [1.165, 1.54) is 0 Å². The van der Waals surface area contributed by atoms with Gasteiger partial charge in [-0.2, -0.15) is 0 Å². The second kappa shape index (κ2) is 0.728. The molecule has 0 saturated heterocycles. The van der Waals surface area contributed by atoms with Crippen LogP contribution in [0.15, 0.2) is 5.82 Å². The molecular weight excluding hydrogens is 79.0 g/mol. The number of terminal acetylenes is 1. The van der Waals surface area contributed by atoms with Crippen LogP contribution in [0.25, 0.3) is 0 Å². The first-order chi connectivity index (χ1) is 2.43. The molecule has 1 aliphatic heterocycles. The van der Waals surface area contributed by atoms with Gasteiger partial charge in [0.2, 0.25) is 5.82 Å². The van der Waals surface area contributed by atoms with Crippen LogP contribution in [0.4, 0.5) is 0 Å². The predicted molar refractivity (Wildman–Crippen MR) is 25.3 cm³/mol. The molecule has 1 heteroatoms. The van der Waals surface area contributed by atoms with Gasteiger partial charge in [-0.15, -0.1) is 0 Å². The van der Waals surface area contributed by atoms with Crippen LogP contribution in [0.2, 0.25) is 0 Å². The van der Waals surface area contributed by atoms with E-state index in [1.807, 2.05) is 5.82 Å². The van der Waals surface area contributed by atoms with E-state index in [9.17, 15) is 0 Å². The van der Waals surface area contributed by atoms with E-state index >= 15 is 0 Å². The second-order valence-electron chi connectivity index (χ2n) is 0.757. The summed E-state index contributed by atoms with van der Waals surface area (Å²) in [5.74, 6) is 1.93. The Labute approximate surface area is 31.9 Å². The molecule has 1 aliphatic rings.